The third kappa shape index (κ3) is 4.53. The number of benzene rings is 1. The van der Waals surface area contributed by atoms with Crippen LogP contribution in [0, 0.1) is 0 Å². The Bertz CT molecular complexity index is 329. The van der Waals surface area contributed by atoms with Gasteiger partial charge in [-0.1, -0.05) is 18.9 Å². The summed E-state index contributed by atoms with van der Waals surface area (Å²) >= 11 is 0. The van der Waals surface area contributed by atoms with Crippen molar-refractivity contribution in [2.24, 2.45) is 0 Å². The van der Waals surface area contributed by atoms with Crippen LogP contribution in [0.5, 0.6) is 5.75 Å². The van der Waals surface area contributed by atoms with Crippen LogP contribution in [0.2, 0.25) is 0 Å². The number of nitrogens with two attached hydrogens (primary N) is 1. The number of hydrogen-bond acceptors (Lipinski definition) is 4. The van der Waals surface area contributed by atoms with Crippen molar-refractivity contribution >= 4 is 11.4 Å². The van der Waals surface area contributed by atoms with Crippen LogP contribution in [-0.4, -0.2) is 25.4 Å². The number of para-hydroxylation sites is 1. The van der Waals surface area contributed by atoms with Crippen molar-refractivity contribution in [3.05, 3.63) is 18.2 Å². The molecule has 0 amide bonds. The monoisotopic (exact) mass is 238 g/mol. The van der Waals surface area contributed by atoms with E-state index in [1.54, 1.807) is 7.11 Å². The molecule has 0 spiro atoms. The second kappa shape index (κ2) is 7.79. The summed E-state index contributed by atoms with van der Waals surface area (Å²) in [5.41, 5.74) is 7.52. The first-order valence-corrected chi connectivity index (χ1v) is 6.06. The maximum atomic E-state index is 8.65. The highest BCUT2D eigenvalue weighted by atomic mass is 16.5. The zero-order valence-electron chi connectivity index (χ0n) is 10.4. The van der Waals surface area contributed by atoms with E-state index in [9.17, 15) is 0 Å². The number of hydrogen-bond donors (Lipinski definition) is 3. The van der Waals surface area contributed by atoms with Gasteiger partial charge in [0.05, 0.1) is 18.5 Å². The lowest BCUT2D eigenvalue weighted by molar-refractivity contribution is 0.283. The summed E-state index contributed by atoms with van der Waals surface area (Å²) in [6, 6.07) is 5.72. The van der Waals surface area contributed by atoms with Gasteiger partial charge in [-0.15, -0.1) is 0 Å². The second-order valence-electron chi connectivity index (χ2n) is 3.99. The first-order valence-electron chi connectivity index (χ1n) is 6.06. The van der Waals surface area contributed by atoms with Gasteiger partial charge in [0.25, 0.3) is 0 Å². The van der Waals surface area contributed by atoms with Gasteiger partial charge in [-0.3, -0.25) is 0 Å². The van der Waals surface area contributed by atoms with Crippen LogP contribution in [0.1, 0.15) is 25.7 Å². The number of methoxy groups -OCH3 is 1. The zero-order valence-corrected chi connectivity index (χ0v) is 10.4. The molecule has 0 unspecified atom stereocenters. The van der Waals surface area contributed by atoms with Crippen LogP contribution in [-0.2, 0) is 0 Å². The number of unbranched alkanes of at least 4 members (excludes halogenated alkanes) is 3. The minimum Gasteiger partial charge on any atom is -0.495 e. The van der Waals surface area contributed by atoms with Gasteiger partial charge < -0.3 is 20.9 Å². The molecule has 4 heteroatoms. The molecule has 0 atom stereocenters. The molecule has 1 aromatic carbocycles. The highest BCUT2D eigenvalue weighted by Crippen LogP contribution is 2.28. The second-order valence-corrected chi connectivity index (χ2v) is 3.99. The van der Waals surface area contributed by atoms with Crippen LogP contribution < -0.4 is 15.8 Å². The van der Waals surface area contributed by atoms with Gasteiger partial charge in [0.2, 0.25) is 0 Å². The smallest absolute Gasteiger partial charge is 0.143 e. The molecule has 96 valence electrons. The Labute approximate surface area is 103 Å². The number of anilines is 2. The number of rotatable bonds is 8. The number of nitrogen functional groups attached to an aromatic ring is 1. The predicted octanol–water partition coefficient (Wildman–Crippen LogP) is 2.24. The van der Waals surface area contributed by atoms with E-state index in [4.69, 9.17) is 15.6 Å². The van der Waals surface area contributed by atoms with E-state index in [0.29, 0.717) is 11.4 Å². The molecule has 0 aliphatic heterocycles. The lowest BCUT2D eigenvalue weighted by Crippen LogP contribution is -2.05. The van der Waals surface area contributed by atoms with Crippen LogP contribution in [0.4, 0.5) is 11.4 Å². The maximum Gasteiger partial charge on any atom is 0.143 e. The minimum absolute atomic E-state index is 0.288. The standard InChI is InChI=1S/C13H22N2O2/c1-17-12-8-6-7-11(13(12)14)15-9-4-2-3-5-10-16/h6-8,15-16H,2-5,9-10,14H2,1H3. The van der Waals surface area contributed by atoms with E-state index in [0.717, 1.165) is 37.9 Å². The van der Waals surface area contributed by atoms with Crippen molar-refractivity contribution < 1.29 is 9.84 Å². The van der Waals surface area contributed by atoms with Gasteiger partial charge in [0.15, 0.2) is 0 Å². The van der Waals surface area contributed by atoms with E-state index in [1.165, 1.54) is 0 Å². The van der Waals surface area contributed by atoms with Crippen molar-refractivity contribution in [1.29, 1.82) is 0 Å². The Balaban J connectivity index is 2.31. The molecule has 17 heavy (non-hydrogen) atoms. The third-order valence-corrected chi connectivity index (χ3v) is 2.69. The molecule has 0 saturated heterocycles. The molecule has 0 fully saturated rings. The zero-order chi connectivity index (χ0) is 12.5. The molecule has 4 nitrogen and oxygen atoms in total. The van der Waals surface area contributed by atoms with Gasteiger partial charge in [0, 0.05) is 13.2 Å². The van der Waals surface area contributed by atoms with Crippen molar-refractivity contribution in [3.8, 4) is 5.75 Å². The molecule has 1 rings (SSSR count). The quantitative estimate of drug-likeness (QED) is 0.480. The molecule has 0 aromatic heterocycles. The third-order valence-electron chi connectivity index (χ3n) is 2.69. The first kappa shape index (κ1) is 13.6. The van der Waals surface area contributed by atoms with Crippen molar-refractivity contribution in [1.82, 2.24) is 0 Å². The number of nitrogens with one attached hydrogen (secondary N) is 1. The Morgan fingerprint density at radius 2 is 2.00 bits per heavy atom. The summed E-state index contributed by atoms with van der Waals surface area (Å²) < 4.78 is 5.15. The summed E-state index contributed by atoms with van der Waals surface area (Å²) in [5.74, 6) is 0.704. The molecular weight excluding hydrogens is 216 g/mol. The number of aliphatic hydroxyl groups excluding tert-OH is 1. The summed E-state index contributed by atoms with van der Waals surface area (Å²) in [6.45, 7) is 1.18. The Kier molecular flexibility index (Phi) is 6.25. The largest absolute Gasteiger partial charge is 0.495 e. The molecule has 0 saturated carbocycles. The van der Waals surface area contributed by atoms with Crippen molar-refractivity contribution in [3.63, 3.8) is 0 Å². The van der Waals surface area contributed by atoms with Gasteiger partial charge in [-0.25, -0.2) is 0 Å². The fraction of sp³-hybridized carbons (Fsp3) is 0.538. The Hall–Kier alpha value is -1.42. The Morgan fingerprint density at radius 3 is 2.71 bits per heavy atom. The number of aliphatic hydroxyl groups is 1. The van der Waals surface area contributed by atoms with Crippen LogP contribution >= 0.6 is 0 Å². The van der Waals surface area contributed by atoms with Gasteiger partial charge in [-0.2, -0.15) is 0 Å². The maximum absolute atomic E-state index is 8.65. The highest BCUT2D eigenvalue weighted by molar-refractivity contribution is 5.72. The lowest BCUT2D eigenvalue weighted by Gasteiger charge is -2.11. The van der Waals surface area contributed by atoms with Crippen molar-refractivity contribution in [2.75, 3.05) is 31.3 Å². The molecule has 0 bridgehead atoms. The van der Waals surface area contributed by atoms with E-state index < -0.39 is 0 Å². The minimum atomic E-state index is 0.288. The molecule has 0 radical (unpaired) electrons. The van der Waals surface area contributed by atoms with Gasteiger partial charge >= 0.3 is 0 Å². The molecule has 4 N–H and O–H groups in total. The summed E-state index contributed by atoms with van der Waals surface area (Å²) in [4.78, 5) is 0. The van der Waals surface area contributed by atoms with Crippen molar-refractivity contribution in [2.45, 2.75) is 25.7 Å². The highest BCUT2D eigenvalue weighted by Gasteiger charge is 2.03. The fourth-order valence-electron chi connectivity index (χ4n) is 1.69. The predicted molar refractivity (Wildman–Crippen MR) is 71.4 cm³/mol. The van der Waals surface area contributed by atoms with E-state index in [-0.39, 0.29) is 6.61 Å². The topological polar surface area (TPSA) is 67.5 Å². The van der Waals surface area contributed by atoms with E-state index in [1.807, 2.05) is 18.2 Å². The molecular formula is C13H22N2O2. The summed E-state index contributed by atoms with van der Waals surface area (Å²) in [5, 5.41) is 11.9. The fourth-order valence-corrected chi connectivity index (χ4v) is 1.69. The summed E-state index contributed by atoms with van der Waals surface area (Å²) in [6.07, 6.45) is 4.17. The molecule has 0 heterocycles. The normalized spacial score (nSPS) is 10.2. The average Bonchev–Trinajstić information content (AvgIpc) is 2.35. The van der Waals surface area contributed by atoms with E-state index in [2.05, 4.69) is 5.32 Å². The van der Waals surface area contributed by atoms with Gasteiger partial charge in [0.1, 0.15) is 5.75 Å². The molecule has 0 aliphatic rings. The van der Waals surface area contributed by atoms with Crippen LogP contribution in [0.3, 0.4) is 0 Å². The van der Waals surface area contributed by atoms with Crippen LogP contribution in [0.15, 0.2) is 18.2 Å². The number of ether oxygens (including phenoxy) is 1. The van der Waals surface area contributed by atoms with E-state index >= 15 is 0 Å². The van der Waals surface area contributed by atoms with Gasteiger partial charge in [-0.05, 0) is 25.0 Å². The average molecular weight is 238 g/mol. The summed E-state index contributed by atoms with van der Waals surface area (Å²) in [7, 11) is 1.62. The molecule has 0 aliphatic carbocycles. The Morgan fingerprint density at radius 1 is 1.24 bits per heavy atom. The SMILES string of the molecule is COc1cccc(NCCCCCCO)c1N. The van der Waals surface area contributed by atoms with Crippen LogP contribution in [0.25, 0.3) is 0 Å². The lowest BCUT2D eigenvalue weighted by atomic mass is 10.2. The first-order chi connectivity index (χ1) is 8.29. The molecule has 1 aromatic rings.